The molecule has 4 rings (SSSR count). The van der Waals surface area contributed by atoms with Crippen LogP contribution in [0.15, 0.2) is 34.9 Å². The van der Waals surface area contributed by atoms with Crippen molar-refractivity contribution >= 4 is 22.2 Å². The van der Waals surface area contributed by atoms with Crippen LogP contribution in [0, 0.1) is 6.92 Å². The Kier molecular flexibility index (Phi) is 5.05. The second-order valence-corrected chi connectivity index (χ2v) is 7.62. The molecule has 1 amide bonds. The number of carbonyl (C=O) groups excluding carboxylic acids is 1. The van der Waals surface area contributed by atoms with Gasteiger partial charge in [-0.25, -0.2) is 0 Å². The fraction of sp³-hybridized carbons (Fsp3) is 0.350. The zero-order valence-electron chi connectivity index (χ0n) is 15.3. The number of amides is 1. The van der Waals surface area contributed by atoms with E-state index in [0.29, 0.717) is 24.9 Å². The molecule has 1 aliphatic rings. The number of fused-ring (bicyclic) bond motifs is 1. The van der Waals surface area contributed by atoms with Crippen LogP contribution in [0.25, 0.3) is 11.5 Å². The van der Waals surface area contributed by atoms with E-state index in [0.717, 1.165) is 39.4 Å². The van der Waals surface area contributed by atoms with Crippen molar-refractivity contribution in [2.75, 3.05) is 11.9 Å². The zero-order valence-corrected chi connectivity index (χ0v) is 16.1. The fourth-order valence-electron chi connectivity index (χ4n) is 3.40. The van der Waals surface area contributed by atoms with Crippen molar-refractivity contribution in [1.29, 1.82) is 0 Å². The van der Waals surface area contributed by atoms with Gasteiger partial charge in [0.15, 0.2) is 5.82 Å². The Hall–Kier alpha value is -2.51. The summed E-state index contributed by atoms with van der Waals surface area (Å²) in [5, 5.41) is 7.79. The van der Waals surface area contributed by atoms with E-state index in [4.69, 9.17) is 9.26 Å². The molecule has 1 atom stereocenters. The lowest BCUT2D eigenvalue weighted by atomic mass is 9.95. The summed E-state index contributed by atoms with van der Waals surface area (Å²) in [6.07, 6.45) is 1.49. The van der Waals surface area contributed by atoms with E-state index in [1.807, 2.05) is 37.3 Å². The summed E-state index contributed by atoms with van der Waals surface area (Å²) < 4.78 is 11.0. The first kappa shape index (κ1) is 17.9. The number of aromatic nitrogens is 2. The smallest absolute Gasteiger partial charge is 0.261 e. The minimum absolute atomic E-state index is 0.0271. The maximum Gasteiger partial charge on any atom is 0.261 e. The first-order valence-electron chi connectivity index (χ1n) is 9.06. The van der Waals surface area contributed by atoms with Crippen LogP contribution in [0.2, 0.25) is 0 Å². The molecule has 140 valence electrons. The standard InChI is InChI=1S/C20H21N3O3S/c1-3-14(13-7-5-4-6-8-13)18(24)22-20-17(19-21-12(2)23-26-19)15-9-10-25-11-16(15)27-20/h4-8,14H,3,9-11H2,1-2H3,(H,22,24)/t14-/m1/s1. The van der Waals surface area contributed by atoms with Crippen LogP contribution in [0.4, 0.5) is 5.00 Å². The number of aryl methyl sites for hydroxylation is 1. The topological polar surface area (TPSA) is 77.3 Å². The van der Waals surface area contributed by atoms with E-state index in [-0.39, 0.29) is 11.8 Å². The van der Waals surface area contributed by atoms with Crippen LogP contribution in [0.1, 0.15) is 41.1 Å². The van der Waals surface area contributed by atoms with Crippen molar-refractivity contribution in [3.05, 3.63) is 52.2 Å². The third kappa shape index (κ3) is 3.52. The number of hydrogen-bond acceptors (Lipinski definition) is 6. The number of nitrogens with zero attached hydrogens (tertiary/aromatic N) is 2. The van der Waals surface area contributed by atoms with E-state index < -0.39 is 0 Å². The Morgan fingerprint density at radius 1 is 1.33 bits per heavy atom. The third-order valence-corrected chi connectivity index (χ3v) is 5.85. The molecular formula is C20H21N3O3S. The highest BCUT2D eigenvalue weighted by Gasteiger charge is 2.28. The summed E-state index contributed by atoms with van der Waals surface area (Å²) in [6, 6.07) is 9.85. The summed E-state index contributed by atoms with van der Waals surface area (Å²) in [6.45, 7) is 5.01. The molecule has 2 aromatic heterocycles. The second-order valence-electron chi connectivity index (χ2n) is 6.52. The van der Waals surface area contributed by atoms with Gasteiger partial charge < -0.3 is 14.6 Å². The maximum atomic E-state index is 13.0. The van der Waals surface area contributed by atoms with Gasteiger partial charge in [-0.3, -0.25) is 4.79 Å². The minimum Gasteiger partial charge on any atom is -0.376 e. The molecule has 6 nitrogen and oxygen atoms in total. The summed E-state index contributed by atoms with van der Waals surface area (Å²) in [4.78, 5) is 18.5. The molecule has 0 aliphatic carbocycles. The first-order valence-corrected chi connectivity index (χ1v) is 9.87. The van der Waals surface area contributed by atoms with Crippen molar-refractivity contribution in [2.24, 2.45) is 0 Å². The van der Waals surface area contributed by atoms with Crippen molar-refractivity contribution < 1.29 is 14.1 Å². The average Bonchev–Trinajstić information content (AvgIpc) is 3.26. The number of carbonyl (C=O) groups is 1. The molecule has 0 radical (unpaired) electrons. The van der Waals surface area contributed by atoms with E-state index in [9.17, 15) is 4.79 Å². The van der Waals surface area contributed by atoms with Crippen molar-refractivity contribution in [3.63, 3.8) is 0 Å². The molecule has 0 fully saturated rings. The zero-order chi connectivity index (χ0) is 18.8. The molecule has 3 aromatic rings. The van der Waals surface area contributed by atoms with Crippen LogP contribution in [0.3, 0.4) is 0 Å². The number of rotatable bonds is 5. The number of hydrogen-bond donors (Lipinski definition) is 1. The summed E-state index contributed by atoms with van der Waals surface area (Å²) >= 11 is 1.53. The number of thiophene rings is 1. The predicted octanol–water partition coefficient (Wildman–Crippen LogP) is 4.31. The first-order chi connectivity index (χ1) is 13.2. The van der Waals surface area contributed by atoms with Gasteiger partial charge in [-0.15, -0.1) is 11.3 Å². The molecular weight excluding hydrogens is 362 g/mol. The minimum atomic E-state index is -0.209. The van der Waals surface area contributed by atoms with Gasteiger partial charge >= 0.3 is 0 Å². The molecule has 1 aromatic carbocycles. The van der Waals surface area contributed by atoms with Gasteiger partial charge in [-0.2, -0.15) is 4.98 Å². The monoisotopic (exact) mass is 383 g/mol. The van der Waals surface area contributed by atoms with Gasteiger partial charge in [0.25, 0.3) is 5.89 Å². The summed E-state index contributed by atoms with van der Waals surface area (Å²) in [5.41, 5.74) is 2.99. The highest BCUT2D eigenvalue weighted by atomic mass is 32.1. The SMILES string of the molecule is CC[C@@H](C(=O)Nc1sc2c(c1-c1nc(C)no1)CCOC2)c1ccccc1. The summed E-state index contributed by atoms with van der Waals surface area (Å²) in [7, 11) is 0. The van der Waals surface area contributed by atoms with Gasteiger partial charge in [0.05, 0.1) is 24.7 Å². The fourth-order valence-corrected chi connectivity index (χ4v) is 4.58. The van der Waals surface area contributed by atoms with E-state index in [1.165, 1.54) is 11.3 Å². The third-order valence-electron chi connectivity index (χ3n) is 4.73. The number of ether oxygens (including phenoxy) is 1. The van der Waals surface area contributed by atoms with Crippen molar-refractivity contribution in [2.45, 2.75) is 39.2 Å². The highest BCUT2D eigenvalue weighted by Crippen LogP contribution is 2.43. The molecule has 0 saturated heterocycles. The van der Waals surface area contributed by atoms with Gasteiger partial charge in [0, 0.05) is 4.88 Å². The van der Waals surface area contributed by atoms with E-state index in [2.05, 4.69) is 15.5 Å². The molecule has 0 spiro atoms. The van der Waals surface area contributed by atoms with Gasteiger partial charge in [-0.05, 0) is 30.9 Å². The van der Waals surface area contributed by atoms with E-state index in [1.54, 1.807) is 6.92 Å². The molecule has 3 heterocycles. The van der Waals surface area contributed by atoms with Crippen molar-refractivity contribution in [3.8, 4) is 11.5 Å². The van der Waals surface area contributed by atoms with Crippen LogP contribution in [-0.4, -0.2) is 22.7 Å². The summed E-state index contributed by atoms with van der Waals surface area (Å²) in [5.74, 6) is 0.791. The lowest BCUT2D eigenvalue weighted by molar-refractivity contribution is -0.117. The Bertz CT molecular complexity index is 949. The van der Waals surface area contributed by atoms with Crippen LogP contribution < -0.4 is 5.32 Å². The average molecular weight is 383 g/mol. The Balaban J connectivity index is 1.69. The quantitative estimate of drug-likeness (QED) is 0.710. The normalized spacial score (nSPS) is 14.6. The molecule has 0 unspecified atom stereocenters. The molecule has 7 heteroatoms. The van der Waals surface area contributed by atoms with E-state index >= 15 is 0 Å². The van der Waals surface area contributed by atoms with Crippen LogP contribution in [0.5, 0.6) is 0 Å². The Morgan fingerprint density at radius 2 is 2.15 bits per heavy atom. The number of nitrogens with one attached hydrogen (secondary N) is 1. The number of benzene rings is 1. The van der Waals surface area contributed by atoms with Crippen LogP contribution in [-0.2, 0) is 22.6 Å². The van der Waals surface area contributed by atoms with Gasteiger partial charge in [0.2, 0.25) is 5.91 Å². The predicted molar refractivity (Wildman–Crippen MR) is 104 cm³/mol. The van der Waals surface area contributed by atoms with Gasteiger partial charge in [0.1, 0.15) is 5.00 Å². The van der Waals surface area contributed by atoms with Crippen molar-refractivity contribution in [1.82, 2.24) is 10.1 Å². The largest absolute Gasteiger partial charge is 0.376 e. The second kappa shape index (κ2) is 7.62. The molecule has 1 N–H and O–H groups in total. The molecule has 27 heavy (non-hydrogen) atoms. The molecule has 0 bridgehead atoms. The lowest BCUT2D eigenvalue weighted by Gasteiger charge is -2.15. The van der Waals surface area contributed by atoms with Gasteiger partial charge in [-0.1, -0.05) is 42.4 Å². The lowest BCUT2D eigenvalue weighted by Crippen LogP contribution is -2.20. The molecule has 1 aliphatic heterocycles. The Morgan fingerprint density at radius 3 is 2.85 bits per heavy atom. The van der Waals surface area contributed by atoms with Crippen LogP contribution >= 0.6 is 11.3 Å². The maximum absolute atomic E-state index is 13.0. The Labute approximate surface area is 161 Å². The molecule has 0 saturated carbocycles. The number of anilines is 1. The highest BCUT2D eigenvalue weighted by molar-refractivity contribution is 7.17.